The number of hydrogen-bond donors (Lipinski definition) is 0. The van der Waals surface area contributed by atoms with Gasteiger partial charge >= 0.3 is 0 Å². The van der Waals surface area contributed by atoms with Crippen molar-refractivity contribution in [3.63, 3.8) is 0 Å². The van der Waals surface area contributed by atoms with Crippen LogP contribution in [-0.4, -0.2) is 9.97 Å². The summed E-state index contributed by atoms with van der Waals surface area (Å²) >= 11 is 0. The van der Waals surface area contributed by atoms with E-state index in [0.29, 0.717) is 5.82 Å². The quantitative estimate of drug-likeness (QED) is 0.171. The normalized spacial score (nSPS) is 14.5. The first-order valence-electron chi connectivity index (χ1n) is 19.5. The molecule has 3 nitrogen and oxygen atoms in total. The van der Waals surface area contributed by atoms with E-state index in [2.05, 4.69) is 177 Å². The fourth-order valence-corrected chi connectivity index (χ4v) is 9.04. The van der Waals surface area contributed by atoms with Gasteiger partial charge in [-0.1, -0.05) is 182 Å². The predicted octanol–water partition coefficient (Wildman–Crippen LogP) is 14.0. The average Bonchev–Trinajstić information content (AvgIpc) is 3.80. The number of hydrogen-bond acceptors (Lipinski definition) is 3. The van der Waals surface area contributed by atoms with E-state index >= 15 is 0 Å². The molecule has 0 N–H and O–H groups in total. The van der Waals surface area contributed by atoms with Crippen molar-refractivity contribution in [1.29, 1.82) is 0 Å². The van der Waals surface area contributed by atoms with E-state index < -0.39 is 0 Å². The maximum Gasteiger partial charge on any atom is 0.160 e. The summed E-state index contributed by atoms with van der Waals surface area (Å²) in [6.45, 7) is 2.37. The van der Waals surface area contributed by atoms with Crippen molar-refractivity contribution in [2.75, 3.05) is 0 Å². The van der Waals surface area contributed by atoms with Crippen LogP contribution < -0.4 is 0 Å². The summed E-state index contributed by atoms with van der Waals surface area (Å²) in [6, 6.07) is 71.0. The molecule has 0 saturated heterocycles. The van der Waals surface area contributed by atoms with Crippen LogP contribution in [0.15, 0.2) is 205 Å². The van der Waals surface area contributed by atoms with Gasteiger partial charge in [-0.3, -0.25) is 0 Å². The summed E-state index contributed by atoms with van der Waals surface area (Å²) in [5, 5.41) is 2.21. The summed E-state index contributed by atoms with van der Waals surface area (Å²) in [5.41, 5.74) is 17.0. The summed E-state index contributed by atoms with van der Waals surface area (Å²) < 4.78 is 6.54. The number of rotatable bonds is 6. The lowest BCUT2D eigenvalue weighted by molar-refractivity contribution is 0.670. The Kier molecular flexibility index (Phi) is 7.61. The molecule has 1 unspecified atom stereocenters. The molecule has 3 heteroatoms. The van der Waals surface area contributed by atoms with Crippen LogP contribution in [0.25, 0.3) is 89.2 Å². The first-order valence-corrected chi connectivity index (χ1v) is 19.5. The Morgan fingerprint density at radius 3 is 1.72 bits per heavy atom. The van der Waals surface area contributed by atoms with Crippen LogP contribution in [0.4, 0.5) is 0 Å². The molecule has 1 atom stereocenters. The molecule has 8 aromatic carbocycles. The molecule has 268 valence electrons. The highest BCUT2D eigenvalue weighted by atomic mass is 16.3. The summed E-state index contributed by atoms with van der Waals surface area (Å²) in [6.07, 6.45) is 0. The topological polar surface area (TPSA) is 38.9 Å². The highest BCUT2D eigenvalue weighted by Gasteiger charge is 2.40. The fraction of sp³-hybridized carbons (Fsp3) is 0.0370. The lowest BCUT2D eigenvalue weighted by Crippen LogP contribution is -2.22. The molecule has 11 rings (SSSR count). The van der Waals surface area contributed by atoms with E-state index in [1.165, 1.54) is 27.8 Å². The zero-order valence-electron chi connectivity index (χ0n) is 31.4. The number of furan rings is 1. The van der Waals surface area contributed by atoms with Gasteiger partial charge in [0.2, 0.25) is 0 Å². The number of para-hydroxylation sites is 2. The van der Waals surface area contributed by atoms with Gasteiger partial charge < -0.3 is 4.42 Å². The second-order valence-electron chi connectivity index (χ2n) is 15.0. The van der Waals surface area contributed by atoms with E-state index in [0.717, 1.165) is 72.3 Å². The predicted molar refractivity (Wildman–Crippen MR) is 234 cm³/mol. The van der Waals surface area contributed by atoms with Gasteiger partial charge in [-0.25, -0.2) is 9.97 Å². The van der Waals surface area contributed by atoms with Gasteiger partial charge in [0.15, 0.2) is 5.82 Å². The van der Waals surface area contributed by atoms with E-state index in [4.69, 9.17) is 14.4 Å². The number of benzene rings is 8. The standard InChI is InChI=1S/C54H36N2O/c1-54(37-19-6-3-7-20-37)47-29-14-12-23-40(47)41-32-31-36(33-48(41)54)38-21-8-10-24-42(38)49-34-50(56-53(55-49)35-17-4-2-5-18-35)43-25-11-9-22-39(43)45-27-16-28-46-44-26-13-15-30-51(44)57-52(45)46/h2-34H,1H3. The van der Waals surface area contributed by atoms with Crippen molar-refractivity contribution in [2.45, 2.75) is 12.3 Å². The third-order valence-corrected chi connectivity index (χ3v) is 11.8. The van der Waals surface area contributed by atoms with Crippen molar-refractivity contribution >= 4 is 21.9 Å². The highest BCUT2D eigenvalue weighted by Crippen LogP contribution is 2.53. The smallest absolute Gasteiger partial charge is 0.160 e. The number of nitrogens with zero attached hydrogens (tertiary/aromatic N) is 2. The van der Waals surface area contributed by atoms with Gasteiger partial charge in [0.25, 0.3) is 0 Å². The molecule has 1 aliphatic carbocycles. The van der Waals surface area contributed by atoms with E-state index in [9.17, 15) is 0 Å². The Hall–Kier alpha value is -7.36. The average molecular weight is 729 g/mol. The fourth-order valence-electron chi connectivity index (χ4n) is 9.04. The van der Waals surface area contributed by atoms with Crippen molar-refractivity contribution < 1.29 is 4.42 Å². The van der Waals surface area contributed by atoms with Crippen LogP contribution in [0.5, 0.6) is 0 Å². The first kappa shape index (κ1) is 33.0. The van der Waals surface area contributed by atoms with E-state index in [1.54, 1.807) is 0 Å². The van der Waals surface area contributed by atoms with Crippen LogP contribution in [0.2, 0.25) is 0 Å². The molecule has 10 aromatic rings. The number of aromatic nitrogens is 2. The summed E-state index contributed by atoms with van der Waals surface area (Å²) in [4.78, 5) is 10.6. The van der Waals surface area contributed by atoms with Crippen molar-refractivity contribution in [1.82, 2.24) is 9.97 Å². The van der Waals surface area contributed by atoms with E-state index in [1.807, 2.05) is 30.3 Å². The molecule has 57 heavy (non-hydrogen) atoms. The zero-order chi connectivity index (χ0) is 37.9. The minimum absolute atomic E-state index is 0.298. The lowest BCUT2D eigenvalue weighted by Gasteiger charge is -2.28. The molecule has 0 saturated carbocycles. The molecule has 1 aliphatic rings. The third-order valence-electron chi connectivity index (χ3n) is 11.8. The Morgan fingerprint density at radius 1 is 0.386 bits per heavy atom. The molecule has 2 aromatic heterocycles. The summed E-state index contributed by atoms with van der Waals surface area (Å²) in [5.74, 6) is 0.677. The van der Waals surface area contributed by atoms with E-state index in [-0.39, 0.29) is 5.41 Å². The first-order chi connectivity index (χ1) is 28.1. The van der Waals surface area contributed by atoms with Gasteiger partial charge in [0.05, 0.1) is 11.4 Å². The van der Waals surface area contributed by atoms with Crippen LogP contribution >= 0.6 is 0 Å². The third kappa shape index (κ3) is 5.27. The maximum atomic E-state index is 6.54. The minimum atomic E-state index is -0.298. The second kappa shape index (κ2) is 13.1. The Bertz CT molecular complexity index is 3140. The van der Waals surface area contributed by atoms with Gasteiger partial charge in [0.1, 0.15) is 11.2 Å². The summed E-state index contributed by atoms with van der Waals surface area (Å²) in [7, 11) is 0. The van der Waals surface area contributed by atoms with Crippen molar-refractivity contribution in [3.05, 3.63) is 217 Å². The monoisotopic (exact) mass is 728 g/mol. The Morgan fingerprint density at radius 2 is 0.947 bits per heavy atom. The molecular formula is C54H36N2O. The Balaban J connectivity index is 1.10. The van der Waals surface area contributed by atoms with Crippen LogP contribution in [-0.2, 0) is 5.41 Å². The SMILES string of the molecule is CC1(c2ccccc2)c2ccccc2-c2ccc(-c3ccccc3-c3cc(-c4ccccc4-c4cccc5c4oc4ccccc45)nc(-c4ccccc4)n3)cc21. The second-order valence-corrected chi connectivity index (χ2v) is 15.0. The van der Waals surface area contributed by atoms with Crippen LogP contribution in [0, 0.1) is 0 Å². The maximum absolute atomic E-state index is 6.54. The molecule has 2 heterocycles. The van der Waals surface area contributed by atoms with Crippen molar-refractivity contribution in [2.24, 2.45) is 0 Å². The van der Waals surface area contributed by atoms with Gasteiger partial charge in [-0.2, -0.15) is 0 Å². The molecule has 0 spiro atoms. The molecule has 0 fully saturated rings. The van der Waals surface area contributed by atoms with Crippen molar-refractivity contribution in [3.8, 4) is 67.3 Å². The number of fused-ring (bicyclic) bond motifs is 6. The van der Waals surface area contributed by atoms with Crippen LogP contribution in [0.1, 0.15) is 23.6 Å². The molecule has 0 radical (unpaired) electrons. The van der Waals surface area contributed by atoms with Gasteiger partial charge in [-0.15, -0.1) is 0 Å². The molecule has 0 bridgehead atoms. The van der Waals surface area contributed by atoms with Gasteiger partial charge in [-0.05, 0) is 69.6 Å². The largest absolute Gasteiger partial charge is 0.455 e. The minimum Gasteiger partial charge on any atom is -0.455 e. The molecule has 0 amide bonds. The van der Waals surface area contributed by atoms with Gasteiger partial charge in [0, 0.05) is 38.4 Å². The zero-order valence-corrected chi connectivity index (χ0v) is 31.4. The Labute approximate surface area is 331 Å². The molecule has 0 aliphatic heterocycles. The highest BCUT2D eigenvalue weighted by molar-refractivity contribution is 6.10. The lowest BCUT2D eigenvalue weighted by atomic mass is 9.74. The molecular weight excluding hydrogens is 693 g/mol. The van der Waals surface area contributed by atoms with Crippen LogP contribution in [0.3, 0.4) is 0 Å².